The van der Waals surface area contributed by atoms with Crippen molar-refractivity contribution in [2.24, 2.45) is 0 Å². The summed E-state index contributed by atoms with van der Waals surface area (Å²) in [4.78, 5) is 26.3. The van der Waals surface area contributed by atoms with Gasteiger partial charge in [0.25, 0.3) is 0 Å². The predicted octanol–water partition coefficient (Wildman–Crippen LogP) is 6.62. The van der Waals surface area contributed by atoms with Crippen LogP contribution >= 0.6 is 0 Å². The van der Waals surface area contributed by atoms with Gasteiger partial charge >= 0.3 is 12.4 Å². The van der Waals surface area contributed by atoms with Gasteiger partial charge in [-0.25, -0.2) is 0 Å². The van der Waals surface area contributed by atoms with E-state index in [0.717, 1.165) is 18.2 Å². The summed E-state index contributed by atoms with van der Waals surface area (Å²) < 4.78 is 82.1. The number of alkyl halides is 6. The highest BCUT2D eigenvalue weighted by Gasteiger charge is 2.34. The number of hydrogen-bond donors (Lipinski definition) is 2. The first kappa shape index (κ1) is 33.3. The molecule has 2 aromatic rings. The zero-order chi connectivity index (χ0) is 31.9. The fraction of sp³-hybridized carbons (Fsp3) is 0.400. The standard InChI is InChI=1S/C15H17F3N2O2.C15H17F3N2O.2H2/c1-3-14(21)20-7-6-11(9-20)19-12-8-10(15(16,17)18)4-5-13(12)22-2;1-3-14(21)20-8-7-11(9-20)19-13-6-4-5-12(10(13)2)15(16,17)18;;/h3-5,8,11,19H,1,6-7,9H2,2H3;3-6,11,19H,1,7-9H2,2H3;2*1H/t2*11-;;/m00../s1. The summed E-state index contributed by atoms with van der Waals surface area (Å²) in [5.41, 5.74) is -0.464. The van der Waals surface area contributed by atoms with E-state index in [-0.39, 0.29) is 38.0 Å². The van der Waals surface area contributed by atoms with Crippen molar-refractivity contribution in [3.63, 3.8) is 0 Å². The molecule has 43 heavy (non-hydrogen) atoms. The van der Waals surface area contributed by atoms with Crippen molar-refractivity contribution in [3.8, 4) is 5.75 Å². The van der Waals surface area contributed by atoms with Crippen LogP contribution in [0.4, 0.5) is 37.7 Å². The van der Waals surface area contributed by atoms with Gasteiger partial charge in [0.2, 0.25) is 11.8 Å². The number of amides is 2. The van der Waals surface area contributed by atoms with Crippen LogP contribution in [0.5, 0.6) is 5.75 Å². The number of likely N-dealkylation sites (tertiary alicyclic amines) is 2. The molecule has 2 aromatic carbocycles. The molecule has 2 aliphatic rings. The van der Waals surface area contributed by atoms with Gasteiger partial charge in [0.15, 0.2) is 0 Å². The number of methoxy groups -OCH3 is 1. The maximum Gasteiger partial charge on any atom is 0.416 e. The first-order chi connectivity index (χ1) is 20.2. The minimum absolute atomic E-state index is 0. The quantitative estimate of drug-likeness (QED) is 0.270. The largest absolute Gasteiger partial charge is 0.495 e. The van der Waals surface area contributed by atoms with Crippen molar-refractivity contribution in [1.82, 2.24) is 9.80 Å². The normalized spacial score (nSPS) is 18.4. The van der Waals surface area contributed by atoms with E-state index in [1.165, 1.54) is 38.3 Å². The van der Waals surface area contributed by atoms with Gasteiger partial charge in [-0.1, -0.05) is 19.2 Å². The van der Waals surface area contributed by atoms with Crippen LogP contribution in [0.15, 0.2) is 61.7 Å². The summed E-state index contributed by atoms with van der Waals surface area (Å²) >= 11 is 0. The lowest BCUT2D eigenvalue weighted by molar-refractivity contribution is -0.138. The average molecular weight is 617 g/mol. The number of benzene rings is 2. The molecule has 0 spiro atoms. The van der Waals surface area contributed by atoms with Crippen LogP contribution in [0.2, 0.25) is 0 Å². The van der Waals surface area contributed by atoms with Gasteiger partial charge in [0, 0.05) is 46.8 Å². The Labute approximate surface area is 249 Å². The van der Waals surface area contributed by atoms with Gasteiger partial charge in [-0.3, -0.25) is 9.59 Å². The van der Waals surface area contributed by atoms with E-state index in [1.807, 2.05) is 0 Å². The number of nitrogens with zero attached hydrogens (tertiary/aromatic N) is 2. The summed E-state index contributed by atoms with van der Waals surface area (Å²) in [6, 6.07) is 7.21. The first-order valence-electron chi connectivity index (χ1n) is 13.5. The van der Waals surface area contributed by atoms with Crippen molar-refractivity contribution in [3.05, 3.63) is 78.4 Å². The maximum absolute atomic E-state index is 12.9. The highest BCUT2D eigenvalue weighted by Crippen LogP contribution is 2.36. The van der Waals surface area contributed by atoms with Gasteiger partial charge in [-0.15, -0.1) is 0 Å². The molecule has 7 nitrogen and oxygen atoms in total. The summed E-state index contributed by atoms with van der Waals surface area (Å²) in [5, 5.41) is 6.13. The lowest BCUT2D eigenvalue weighted by Crippen LogP contribution is -2.30. The number of ether oxygens (including phenoxy) is 1. The van der Waals surface area contributed by atoms with Gasteiger partial charge in [0.1, 0.15) is 5.75 Å². The van der Waals surface area contributed by atoms with Gasteiger partial charge < -0.3 is 25.2 Å². The predicted molar refractivity (Wildman–Crippen MR) is 156 cm³/mol. The number of nitrogens with one attached hydrogen (secondary N) is 2. The molecule has 4 rings (SSSR count). The summed E-state index contributed by atoms with van der Waals surface area (Å²) in [6.07, 6.45) is -4.94. The molecule has 2 atom stereocenters. The Hall–Kier alpha value is -4.16. The average Bonchev–Trinajstić information content (AvgIpc) is 3.62. The number of carbonyl (C=O) groups excluding carboxylic acids is 2. The summed E-state index contributed by atoms with van der Waals surface area (Å²) in [7, 11) is 1.40. The number of hydrogen-bond acceptors (Lipinski definition) is 5. The SMILES string of the molecule is C=CC(=O)N1CC[C@H](Nc2cc(C(F)(F)F)ccc2OC)C1.C=CC(=O)N1CC[C@H](Nc2cccc(C(F)(F)F)c2C)C1.[HH].[HH]. The van der Waals surface area contributed by atoms with Crippen LogP contribution in [-0.4, -0.2) is 67.0 Å². The monoisotopic (exact) mass is 616 g/mol. The van der Waals surface area contributed by atoms with Crippen molar-refractivity contribution in [1.29, 1.82) is 0 Å². The van der Waals surface area contributed by atoms with Crippen LogP contribution in [0.25, 0.3) is 0 Å². The van der Waals surface area contributed by atoms with E-state index >= 15 is 0 Å². The minimum atomic E-state index is -4.41. The van der Waals surface area contributed by atoms with E-state index in [0.29, 0.717) is 50.5 Å². The molecule has 0 aromatic heterocycles. The van der Waals surface area contributed by atoms with Crippen molar-refractivity contribution in [2.45, 2.75) is 44.2 Å². The number of carbonyl (C=O) groups is 2. The second-order valence-corrected chi connectivity index (χ2v) is 10.1. The molecule has 0 aliphatic carbocycles. The molecule has 0 saturated carbocycles. The van der Waals surface area contributed by atoms with Crippen LogP contribution in [0, 0.1) is 6.92 Å². The zero-order valence-electron chi connectivity index (χ0n) is 23.8. The molecule has 2 heterocycles. The van der Waals surface area contributed by atoms with Crippen LogP contribution in [0.1, 0.15) is 32.4 Å². The molecule has 2 saturated heterocycles. The Morgan fingerprint density at radius 3 is 1.88 bits per heavy atom. The number of halogens is 6. The molecule has 0 bridgehead atoms. The van der Waals surface area contributed by atoms with Crippen LogP contribution < -0.4 is 15.4 Å². The van der Waals surface area contributed by atoms with Crippen LogP contribution in [0.3, 0.4) is 0 Å². The topological polar surface area (TPSA) is 73.9 Å². The third kappa shape index (κ3) is 8.68. The Balaban J connectivity index is 0.000000431. The summed E-state index contributed by atoms with van der Waals surface area (Å²) in [6.45, 7) is 10.3. The van der Waals surface area contributed by atoms with Crippen molar-refractivity contribution >= 4 is 23.2 Å². The number of anilines is 2. The van der Waals surface area contributed by atoms with Crippen molar-refractivity contribution in [2.75, 3.05) is 43.9 Å². The summed E-state index contributed by atoms with van der Waals surface area (Å²) in [5.74, 6) is 0.00173. The number of rotatable bonds is 7. The molecule has 0 unspecified atom stereocenters. The Morgan fingerprint density at radius 2 is 1.42 bits per heavy atom. The first-order valence-corrected chi connectivity index (χ1v) is 13.5. The third-order valence-electron chi connectivity index (χ3n) is 7.23. The second-order valence-electron chi connectivity index (χ2n) is 10.1. The third-order valence-corrected chi connectivity index (χ3v) is 7.23. The molecular formula is C30H38F6N4O3. The molecule has 2 fully saturated rings. The highest BCUT2D eigenvalue weighted by molar-refractivity contribution is 5.87. The molecule has 2 amide bonds. The van der Waals surface area contributed by atoms with E-state index in [9.17, 15) is 35.9 Å². The fourth-order valence-electron chi connectivity index (χ4n) is 4.95. The molecular weight excluding hydrogens is 578 g/mol. The van der Waals surface area contributed by atoms with Gasteiger partial charge in [-0.05, 0) is 67.8 Å². The smallest absolute Gasteiger partial charge is 0.416 e. The second kappa shape index (κ2) is 13.9. The lowest BCUT2D eigenvalue weighted by atomic mass is 10.1. The zero-order valence-corrected chi connectivity index (χ0v) is 23.8. The van der Waals surface area contributed by atoms with Crippen LogP contribution in [-0.2, 0) is 21.9 Å². The fourth-order valence-corrected chi connectivity index (χ4v) is 4.95. The van der Waals surface area contributed by atoms with Crippen molar-refractivity contribution < 1.29 is 43.5 Å². The van der Waals surface area contributed by atoms with Gasteiger partial charge in [-0.2, -0.15) is 26.3 Å². The molecule has 2 N–H and O–H groups in total. The molecule has 238 valence electrons. The van der Waals surface area contributed by atoms with Gasteiger partial charge in [0.05, 0.1) is 23.9 Å². The lowest BCUT2D eigenvalue weighted by Gasteiger charge is -2.19. The molecule has 0 radical (unpaired) electrons. The van der Waals surface area contributed by atoms with E-state index < -0.39 is 23.5 Å². The van der Waals surface area contributed by atoms with E-state index in [4.69, 9.17) is 4.74 Å². The molecule has 13 heteroatoms. The minimum Gasteiger partial charge on any atom is -0.495 e. The Kier molecular flexibility index (Phi) is 10.8. The molecule has 2 aliphatic heterocycles. The Morgan fingerprint density at radius 1 is 0.884 bits per heavy atom. The Bertz CT molecular complexity index is 1340. The highest BCUT2D eigenvalue weighted by atomic mass is 19.4. The van der Waals surface area contributed by atoms with E-state index in [2.05, 4.69) is 23.8 Å². The van der Waals surface area contributed by atoms with E-state index in [1.54, 1.807) is 15.9 Å². The maximum atomic E-state index is 12.9.